The molecule has 1 aromatic heterocycles. The molecule has 26 heavy (non-hydrogen) atoms. The van der Waals surface area contributed by atoms with Crippen molar-refractivity contribution in [2.24, 2.45) is 4.99 Å². The first-order valence-electron chi connectivity index (χ1n) is 8.35. The third kappa shape index (κ3) is 3.12. The number of thioether (sulfide) groups is 1. The molecule has 0 bridgehead atoms. The minimum Gasteiger partial charge on any atom is -0.486 e. The molecule has 0 unspecified atom stereocenters. The zero-order valence-electron chi connectivity index (χ0n) is 14.5. The molecule has 0 N–H and O–H groups in total. The van der Waals surface area contributed by atoms with E-state index in [1.165, 1.54) is 11.3 Å². The molecule has 0 spiro atoms. The van der Waals surface area contributed by atoms with Gasteiger partial charge in [-0.2, -0.15) is 4.99 Å². The van der Waals surface area contributed by atoms with Crippen molar-refractivity contribution in [3.8, 4) is 11.5 Å². The lowest BCUT2D eigenvalue weighted by Crippen LogP contribution is -2.17. The molecule has 5 nitrogen and oxygen atoms in total. The van der Waals surface area contributed by atoms with E-state index in [0.29, 0.717) is 23.6 Å². The third-order valence-corrected chi connectivity index (χ3v) is 5.98. The van der Waals surface area contributed by atoms with E-state index in [4.69, 9.17) is 9.47 Å². The van der Waals surface area contributed by atoms with Crippen LogP contribution in [0.5, 0.6) is 11.5 Å². The van der Waals surface area contributed by atoms with Crippen LogP contribution in [0, 0.1) is 0 Å². The van der Waals surface area contributed by atoms with Crippen molar-refractivity contribution in [2.75, 3.05) is 19.5 Å². The minimum atomic E-state index is -0.233. The Hall–Kier alpha value is -2.25. The lowest BCUT2D eigenvalue weighted by Gasteiger charge is -2.18. The fourth-order valence-electron chi connectivity index (χ4n) is 2.88. The maximum Gasteiger partial charge on any atom is 0.279 e. The summed E-state index contributed by atoms with van der Waals surface area (Å²) in [6.07, 6.45) is 2.01. The highest BCUT2D eigenvalue weighted by atomic mass is 32.2. The summed E-state index contributed by atoms with van der Waals surface area (Å²) in [6, 6.07) is 11.5. The first-order chi connectivity index (χ1) is 12.7. The van der Waals surface area contributed by atoms with Crippen molar-refractivity contribution in [1.29, 1.82) is 0 Å². The number of benzene rings is 2. The molecule has 7 heteroatoms. The van der Waals surface area contributed by atoms with Crippen LogP contribution in [0.1, 0.15) is 17.3 Å². The van der Waals surface area contributed by atoms with Gasteiger partial charge in [0.05, 0.1) is 10.2 Å². The average molecular weight is 386 g/mol. The normalized spacial score (nSPS) is 14.0. The molecule has 0 radical (unpaired) electrons. The molecule has 0 aliphatic carbocycles. The number of carbonyl (C=O) groups is 1. The van der Waals surface area contributed by atoms with Crippen LogP contribution in [0.3, 0.4) is 0 Å². The molecule has 1 aliphatic rings. The van der Waals surface area contributed by atoms with Gasteiger partial charge in [-0.25, -0.2) is 0 Å². The van der Waals surface area contributed by atoms with Crippen molar-refractivity contribution >= 4 is 39.2 Å². The predicted octanol–water partition coefficient (Wildman–Crippen LogP) is 3.96. The van der Waals surface area contributed by atoms with Crippen LogP contribution in [0.25, 0.3) is 10.2 Å². The molecule has 1 aliphatic heterocycles. The van der Waals surface area contributed by atoms with E-state index in [0.717, 1.165) is 33.2 Å². The van der Waals surface area contributed by atoms with Crippen LogP contribution in [-0.2, 0) is 6.54 Å². The van der Waals surface area contributed by atoms with Crippen molar-refractivity contribution in [3.05, 3.63) is 46.8 Å². The molecular formula is C19H18N2O3S2. The van der Waals surface area contributed by atoms with Gasteiger partial charge >= 0.3 is 0 Å². The summed E-state index contributed by atoms with van der Waals surface area (Å²) >= 11 is 3.13. The second-order valence-electron chi connectivity index (χ2n) is 5.74. The molecule has 3 aromatic rings. The van der Waals surface area contributed by atoms with Crippen LogP contribution in [0.4, 0.5) is 0 Å². The number of thiazole rings is 1. The van der Waals surface area contributed by atoms with Gasteiger partial charge in [0.25, 0.3) is 5.91 Å². The van der Waals surface area contributed by atoms with Crippen molar-refractivity contribution in [3.63, 3.8) is 0 Å². The molecule has 0 saturated carbocycles. The molecule has 2 heterocycles. The Kier molecular flexibility index (Phi) is 4.74. The summed E-state index contributed by atoms with van der Waals surface area (Å²) in [6.45, 7) is 3.87. The number of hydrogen-bond acceptors (Lipinski definition) is 5. The average Bonchev–Trinajstić information content (AvgIpc) is 3.01. The number of carbonyl (C=O) groups excluding carboxylic acids is 1. The van der Waals surface area contributed by atoms with Crippen LogP contribution in [0.2, 0.25) is 0 Å². The zero-order chi connectivity index (χ0) is 18.1. The number of nitrogens with zero attached hydrogens (tertiary/aromatic N) is 2. The zero-order valence-corrected chi connectivity index (χ0v) is 16.2. The van der Waals surface area contributed by atoms with E-state index in [2.05, 4.69) is 4.99 Å². The van der Waals surface area contributed by atoms with E-state index in [-0.39, 0.29) is 5.91 Å². The van der Waals surface area contributed by atoms with Gasteiger partial charge in [0.1, 0.15) is 13.2 Å². The van der Waals surface area contributed by atoms with Gasteiger partial charge in [-0.15, -0.1) is 11.8 Å². The molecule has 134 valence electrons. The highest BCUT2D eigenvalue weighted by molar-refractivity contribution is 7.98. The van der Waals surface area contributed by atoms with Gasteiger partial charge < -0.3 is 14.0 Å². The number of amides is 1. The second kappa shape index (κ2) is 7.17. The summed E-state index contributed by atoms with van der Waals surface area (Å²) in [5, 5.41) is 0. The van der Waals surface area contributed by atoms with Crippen LogP contribution in [-0.4, -0.2) is 29.9 Å². The first kappa shape index (κ1) is 17.2. The van der Waals surface area contributed by atoms with Gasteiger partial charge in [0, 0.05) is 29.1 Å². The topological polar surface area (TPSA) is 52.8 Å². The number of aryl methyl sites for hydroxylation is 1. The van der Waals surface area contributed by atoms with E-state index >= 15 is 0 Å². The first-order valence-corrected chi connectivity index (χ1v) is 10.4. The number of ether oxygens (including phenoxy) is 2. The van der Waals surface area contributed by atoms with Crippen LogP contribution >= 0.6 is 23.1 Å². The standard InChI is InChI=1S/C19H18N2O3S2/c1-3-21-14-10-15-16(24-9-8-23-15)11-17(14)26-19(21)20-18(22)12-4-6-13(25-2)7-5-12/h4-7,10-11H,3,8-9H2,1-2H3. The van der Waals surface area contributed by atoms with Crippen molar-refractivity contribution < 1.29 is 14.3 Å². The summed E-state index contributed by atoms with van der Waals surface area (Å²) in [7, 11) is 0. The highest BCUT2D eigenvalue weighted by Gasteiger charge is 2.16. The Morgan fingerprint density at radius 1 is 1.19 bits per heavy atom. The highest BCUT2D eigenvalue weighted by Crippen LogP contribution is 2.35. The maximum atomic E-state index is 12.6. The smallest absolute Gasteiger partial charge is 0.279 e. The summed E-state index contributed by atoms with van der Waals surface area (Å²) in [5.41, 5.74) is 1.60. The van der Waals surface area contributed by atoms with E-state index in [9.17, 15) is 4.79 Å². The van der Waals surface area contributed by atoms with Crippen LogP contribution in [0.15, 0.2) is 46.3 Å². The Morgan fingerprint density at radius 2 is 1.88 bits per heavy atom. The molecule has 0 atom stereocenters. The van der Waals surface area contributed by atoms with E-state index in [1.807, 2.05) is 54.1 Å². The molecular weight excluding hydrogens is 368 g/mol. The number of hydrogen-bond donors (Lipinski definition) is 0. The fraction of sp³-hybridized carbons (Fsp3) is 0.263. The monoisotopic (exact) mass is 386 g/mol. The molecule has 2 aromatic carbocycles. The summed E-state index contributed by atoms with van der Waals surface area (Å²) < 4.78 is 14.4. The predicted molar refractivity (Wildman–Crippen MR) is 105 cm³/mol. The Bertz CT molecular complexity index is 1040. The SMILES string of the molecule is CCn1c(=NC(=O)c2ccc(SC)cc2)sc2cc3c(cc21)OCCO3. The minimum absolute atomic E-state index is 0.233. The van der Waals surface area contributed by atoms with Crippen molar-refractivity contribution in [2.45, 2.75) is 18.4 Å². The number of rotatable bonds is 3. The van der Waals surface area contributed by atoms with Crippen molar-refractivity contribution in [1.82, 2.24) is 4.57 Å². The molecule has 1 amide bonds. The quantitative estimate of drug-likeness (QED) is 0.640. The fourth-order valence-corrected chi connectivity index (χ4v) is 4.39. The van der Waals surface area contributed by atoms with Gasteiger partial charge in [-0.1, -0.05) is 11.3 Å². The third-order valence-electron chi connectivity index (χ3n) is 4.20. The van der Waals surface area contributed by atoms with E-state index < -0.39 is 0 Å². The Morgan fingerprint density at radius 3 is 2.54 bits per heavy atom. The second-order valence-corrected chi connectivity index (χ2v) is 7.63. The Balaban J connectivity index is 1.79. The molecule has 4 rings (SSSR count). The summed E-state index contributed by atoms with van der Waals surface area (Å²) in [4.78, 5) is 18.8. The summed E-state index contributed by atoms with van der Waals surface area (Å²) in [5.74, 6) is 1.26. The molecule has 0 fully saturated rings. The lowest BCUT2D eigenvalue weighted by atomic mass is 10.2. The lowest BCUT2D eigenvalue weighted by molar-refractivity contribution is 0.0998. The van der Waals surface area contributed by atoms with Gasteiger partial charge in [-0.3, -0.25) is 4.79 Å². The van der Waals surface area contributed by atoms with Gasteiger partial charge in [0.15, 0.2) is 16.3 Å². The number of fused-ring (bicyclic) bond motifs is 2. The number of aromatic nitrogens is 1. The largest absolute Gasteiger partial charge is 0.486 e. The van der Waals surface area contributed by atoms with Gasteiger partial charge in [-0.05, 0) is 37.4 Å². The van der Waals surface area contributed by atoms with Crippen LogP contribution < -0.4 is 14.3 Å². The van der Waals surface area contributed by atoms with Gasteiger partial charge in [0.2, 0.25) is 0 Å². The Labute approximate surface area is 159 Å². The maximum absolute atomic E-state index is 12.6. The molecule has 0 saturated heterocycles. The van der Waals surface area contributed by atoms with E-state index in [1.54, 1.807) is 11.8 Å².